The predicted octanol–water partition coefficient (Wildman–Crippen LogP) is 3.23. The van der Waals surface area contributed by atoms with Gasteiger partial charge in [-0.1, -0.05) is 6.92 Å². The van der Waals surface area contributed by atoms with Crippen molar-refractivity contribution in [1.82, 2.24) is 0 Å². The molecule has 4 nitrogen and oxygen atoms in total. The van der Waals surface area contributed by atoms with Gasteiger partial charge in [0.2, 0.25) is 0 Å². The zero-order valence-corrected chi connectivity index (χ0v) is 11.5. The van der Waals surface area contributed by atoms with Crippen molar-refractivity contribution in [1.29, 1.82) is 0 Å². The van der Waals surface area contributed by atoms with Crippen LogP contribution >= 0.6 is 0 Å². The average Bonchev–Trinajstić information content (AvgIpc) is 2.34. The summed E-state index contributed by atoms with van der Waals surface area (Å²) in [6, 6.07) is 4.13. The molecule has 0 radical (unpaired) electrons. The number of aliphatic carboxylic acids is 1. The second-order valence-corrected chi connectivity index (χ2v) is 4.73. The first-order valence-electron chi connectivity index (χ1n) is 6.16. The maximum Gasteiger partial charge on any atom is 0.391 e. The van der Waals surface area contributed by atoms with E-state index in [9.17, 15) is 22.8 Å². The molecule has 1 aromatic carbocycles. The molecule has 0 saturated heterocycles. The molecule has 21 heavy (non-hydrogen) atoms. The Hall–Kier alpha value is -2.05. The van der Waals surface area contributed by atoms with Crippen molar-refractivity contribution in [3.8, 4) is 5.75 Å². The number of carbonyl (C=O) groups excluding carboxylic acids is 1. The van der Waals surface area contributed by atoms with Crippen LogP contribution in [0.4, 0.5) is 13.2 Å². The van der Waals surface area contributed by atoms with Crippen LogP contribution in [0.2, 0.25) is 0 Å². The van der Waals surface area contributed by atoms with Crippen molar-refractivity contribution in [3.63, 3.8) is 0 Å². The molecule has 0 spiro atoms. The Kier molecular flexibility index (Phi) is 5.34. The van der Waals surface area contributed by atoms with Gasteiger partial charge >= 0.3 is 12.1 Å². The highest BCUT2D eigenvalue weighted by atomic mass is 19.4. The monoisotopic (exact) mass is 304 g/mol. The number of ketones is 1. The fourth-order valence-electron chi connectivity index (χ4n) is 1.69. The molecule has 1 atom stereocenters. The van der Waals surface area contributed by atoms with Crippen LogP contribution < -0.4 is 4.74 Å². The molecule has 7 heteroatoms. The summed E-state index contributed by atoms with van der Waals surface area (Å²) in [6.07, 6.45) is -5.03. The van der Waals surface area contributed by atoms with E-state index in [1.807, 2.05) is 0 Å². The smallest absolute Gasteiger partial charge is 0.391 e. The summed E-state index contributed by atoms with van der Waals surface area (Å²) in [7, 11) is 0. The first kappa shape index (κ1) is 17.0. The van der Waals surface area contributed by atoms with Crippen LogP contribution in [0.15, 0.2) is 18.2 Å². The highest BCUT2D eigenvalue weighted by Gasteiger charge is 2.37. The van der Waals surface area contributed by atoms with E-state index >= 15 is 0 Å². The van der Waals surface area contributed by atoms with Gasteiger partial charge in [0.25, 0.3) is 0 Å². The molecule has 0 amide bonds. The number of carbonyl (C=O) groups is 2. The Morgan fingerprint density at radius 2 is 1.95 bits per heavy atom. The van der Waals surface area contributed by atoms with Crippen LogP contribution in [-0.2, 0) is 4.79 Å². The molecule has 116 valence electrons. The number of carboxylic acids is 1. The number of benzene rings is 1. The number of hydrogen-bond acceptors (Lipinski definition) is 3. The summed E-state index contributed by atoms with van der Waals surface area (Å²) < 4.78 is 42.2. The molecule has 1 rings (SSSR count). The third-order valence-corrected chi connectivity index (χ3v) is 2.91. The standard InChI is InChI=1S/C14H15F3O4/c1-8-5-10(21-7-13(19)20)3-4-11(8)12(18)6-9(2)14(15,16)17/h3-5,9H,6-7H2,1-2H3,(H,19,20). The maximum atomic E-state index is 12.4. The van der Waals surface area contributed by atoms with E-state index in [0.29, 0.717) is 5.56 Å². The van der Waals surface area contributed by atoms with Gasteiger partial charge in [-0.2, -0.15) is 13.2 Å². The summed E-state index contributed by atoms with van der Waals surface area (Å²) in [6.45, 7) is 1.98. The summed E-state index contributed by atoms with van der Waals surface area (Å²) in [5.74, 6) is -3.23. The first-order chi connectivity index (χ1) is 9.61. The van der Waals surface area contributed by atoms with Crippen LogP contribution in [0.5, 0.6) is 5.75 Å². The van der Waals surface area contributed by atoms with Crippen LogP contribution in [0.3, 0.4) is 0 Å². The maximum absolute atomic E-state index is 12.4. The quantitative estimate of drug-likeness (QED) is 0.820. The molecular weight excluding hydrogens is 289 g/mol. The fourth-order valence-corrected chi connectivity index (χ4v) is 1.69. The molecule has 1 unspecified atom stereocenters. The zero-order valence-electron chi connectivity index (χ0n) is 11.5. The minimum atomic E-state index is -4.41. The number of Topliss-reactive ketones (excluding diaryl/α,β-unsaturated/α-hetero) is 1. The molecule has 0 fully saturated rings. The highest BCUT2D eigenvalue weighted by Crippen LogP contribution is 2.30. The summed E-state index contributed by atoms with van der Waals surface area (Å²) in [5, 5.41) is 8.48. The third-order valence-electron chi connectivity index (χ3n) is 2.91. The van der Waals surface area contributed by atoms with E-state index < -0.39 is 36.9 Å². The SMILES string of the molecule is Cc1cc(OCC(=O)O)ccc1C(=O)CC(C)C(F)(F)F. The molecule has 1 N–H and O–H groups in total. The average molecular weight is 304 g/mol. The van der Waals surface area contributed by atoms with Gasteiger partial charge in [-0.3, -0.25) is 4.79 Å². The van der Waals surface area contributed by atoms with E-state index in [-0.39, 0.29) is 11.3 Å². The van der Waals surface area contributed by atoms with Gasteiger partial charge < -0.3 is 9.84 Å². The van der Waals surface area contributed by atoms with Crippen molar-refractivity contribution in [2.24, 2.45) is 5.92 Å². The summed E-state index contributed by atoms with van der Waals surface area (Å²) >= 11 is 0. The Morgan fingerprint density at radius 3 is 2.43 bits per heavy atom. The van der Waals surface area contributed by atoms with Crippen molar-refractivity contribution in [3.05, 3.63) is 29.3 Å². The van der Waals surface area contributed by atoms with Gasteiger partial charge in [0, 0.05) is 12.0 Å². The predicted molar refractivity (Wildman–Crippen MR) is 68.5 cm³/mol. The summed E-state index contributed by atoms with van der Waals surface area (Å²) in [5.41, 5.74) is 0.617. The number of carboxylic acid groups (broad SMARTS) is 1. The van der Waals surface area contributed by atoms with Crippen molar-refractivity contribution < 1.29 is 32.6 Å². The molecule has 0 saturated carbocycles. The molecular formula is C14H15F3O4. The molecule has 0 aliphatic carbocycles. The van der Waals surface area contributed by atoms with Gasteiger partial charge in [-0.25, -0.2) is 4.79 Å². The third kappa shape index (κ3) is 5.09. The van der Waals surface area contributed by atoms with E-state index in [4.69, 9.17) is 9.84 Å². The molecule has 0 heterocycles. The van der Waals surface area contributed by atoms with Crippen LogP contribution in [-0.4, -0.2) is 29.6 Å². The zero-order chi connectivity index (χ0) is 16.2. The Morgan fingerprint density at radius 1 is 1.33 bits per heavy atom. The lowest BCUT2D eigenvalue weighted by Crippen LogP contribution is -2.23. The second-order valence-electron chi connectivity index (χ2n) is 4.73. The fraction of sp³-hybridized carbons (Fsp3) is 0.429. The Labute approximate surface area is 119 Å². The number of rotatable bonds is 6. The minimum absolute atomic E-state index is 0.175. The van der Waals surface area contributed by atoms with Crippen molar-refractivity contribution in [2.45, 2.75) is 26.4 Å². The second kappa shape index (κ2) is 6.60. The van der Waals surface area contributed by atoms with E-state index in [2.05, 4.69) is 0 Å². The van der Waals surface area contributed by atoms with Crippen LogP contribution in [0.1, 0.15) is 29.3 Å². The van der Waals surface area contributed by atoms with E-state index in [0.717, 1.165) is 6.92 Å². The normalized spacial score (nSPS) is 12.8. The van der Waals surface area contributed by atoms with Crippen molar-refractivity contribution >= 4 is 11.8 Å². The number of aryl methyl sites for hydroxylation is 1. The lowest BCUT2D eigenvalue weighted by Gasteiger charge is -2.15. The number of halogens is 3. The number of alkyl halides is 3. The van der Waals surface area contributed by atoms with Gasteiger partial charge in [-0.05, 0) is 30.7 Å². The Balaban J connectivity index is 2.80. The van der Waals surface area contributed by atoms with E-state index in [1.54, 1.807) is 6.92 Å². The van der Waals surface area contributed by atoms with Crippen LogP contribution in [0.25, 0.3) is 0 Å². The number of hydrogen-bond donors (Lipinski definition) is 1. The van der Waals surface area contributed by atoms with Crippen molar-refractivity contribution in [2.75, 3.05) is 6.61 Å². The topological polar surface area (TPSA) is 63.6 Å². The lowest BCUT2D eigenvalue weighted by atomic mass is 9.96. The molecule has 0 aromatic heterocycles. The first-order valence-corrected chi connectivity index (χ1v) is 6.16. The number of ether oxygens (including phenoxy) is 1. The molecule has 0 bridgehead atoms. The minimum Gasteiger partial charge on any atom is -0.482 e. The molecule has 0 aliphatic heterocycles. The van der Waals surface area contributed by atoms with Gasteiger partial charge in [0.05, 0.1) is 5.92 Å². The largest absolute Gasteiger partial charge is 0.482 e. The van der Waals surface area contributed by atoms with Crippen LogP contribution in [0, 0.1) is 12.8 Å². The van der Waals surface area contributed by atoms with Gasteiger partial charge in [0.15, 0.2) is 12.4 Å². The summed E-state index contributed by atoms with van der Waals surface area (Å²) in [4.78, 5) is 22.2. The molecule has 0 aliphatic rings. The van der Waals surface area contributed by atoms with Gasteiger partial charge in [0.1, 0.15) is 5.75 Å². The van der Waals surface area contributed by atoms with E-state index in [1.165, 1.54) is 18.2 Å². The lowest BCUT2D eigenvalue weighted by molar-refractivity contribution is -0.168. The Bertz CT molecular complexity index is 538. The van der Waals surface area contributed by atoms with Gasteiger partial charge in [-0.15, -0.1) is 0 Å². The molecule has 1 aromatic rings. The highest BCUT2D eigenvalue weighted by molar-refractivity contribution is 5.97.